The van der Waals surface area contributed by atoms with Gasteiger partial charge >= 0.3 is 5.97 Å². The number of carbonyl (C=O) groups is 1. The van der Waals surface area contributed by atoms with E-state index in [1.807, 2.05) is 0 Å². The van der Waals surface area contributed by atoms with Gasteiger partial charge in [-0.1, -0.05) is 25.5 Å². The summed E-state index contributed by atoms with van der Waals surface area (Å²) < 4.78 is 18.0. The molecule has 7 atom stereocenters. The second-order valence-corrected chi connectivity index (χ2v) is 11.1. The van der Waals surface area contributed by atoms with Gasteiger partial charge in [-0.3, -0.25) is 4.79 Å². The van der Waals surface area contributed by atoms with E-state index in [4.69, 9.17) is 14.2 Å². The van der Waals surface area contributed by atoms with Crippen LogP contribution in [0.5, 0.6) is 0 Å². The van der Waals surface area contributed by atoms with Crippen LogP contribution < -0.4 is 0 Å². The molecule has 166 valence electrons. The molecule has 1 heterocycles. The predicted octanol–water partition coefficient (Wildman–Crippen LogP) is 5.43. The number of ether oxygens (including phenoxy) is 3. The fraction of sp³-hybridized carbons (Fsp3) is 0.808. The third kappa shape index (κ3) is 2.97. The minimum Gasteiger partial charge on any atom is -0.462 e. The molecule has 5 rings (SSSR count). The number of allylic oxidation sites excluding steroid dienone is 2. The first kappa shape index (κ1) is 20.8. The van der Waals surface area contributed by atoms with Crippen molar-refractivity contribution in [3.05, 3.63) is 24.3 Å². The molecule has 4 fully saturated rings. The Bertz CT molecular complexity index is 750. The van der Waals surface area contributed by atoms with Crippen LogP contribution in [0.3, 0.4) is 0 Å². The van der Waals surface area contributed by atoms with Crippen molar-refractivity contribution >= 4 is 5.97 Å². The summed E-state index contributed by atoms with van der Waals surface area (Å²) in [5.74, 6) is 2.04. The summed E-state index contributed by atoms with van der Waals surface area (Å²) in [5.41, 5.74) is 1.93. The Morgan fingerprint density at radius 3 is 2.63 bits per heavy atom. The number of rotatable bonds is 3. The molecule has 0 radical (unpaired) electrons. The third-order valence-corrected chi connectivity index (χ3v) is 9.76. The van der Waals surface area contributed by atoms with Gasteiger partial charge in [0.2, 0.25) is 0 Å². The predicted molar refractivity (Wildman–Crippen MR) is 116 cm³/mol. The van der Waals surface area contributed by atoms with E-state index >= 15 is 0 Å². The maximum Gasteiger partial charge on any atom is 0.302 e. The van der Waals surface area contributed by atoms with Crippen molar-refractivity contribution < 1.29 is 19.0 Å². The summed E-state index contributed by atoms with van der Waals surface area (Å²) in [4.78, 5) is 11.8. The molecule has 1 spiro atoms. The van der Waals surface area contributed by atoms with Crippen LogP contribution in [0.25, 0.3) is 0 Å². The molecule has 0 N–H and O–H groups in total. The van der Waals surface area contributed by atoms with Crippen LogP contribution in [0, 0.1) is 34.5 Å². The van der Waals surface area contributed by atoms with Crippen molar-refractivity contribution in [3.8, 4) is 0 Å². The van der Waals surface area contributed by atoms with E-state index in [2.05, 4.69) is 32.6 Å². The molecule has 0 aromatic rings. The molecule has 4 heteroatoms. The molecular weight excluding hydrogens is 376 g/mol. The number of hydrogen-bond acceptors (Lipinski definition) is 4. The highest BCUT2D eigenvalue weighted by molar-refractivity contribution is 5.66. The van der Waals surface area contributed by atoms with Crippen LogP contribution in [0.2, 0.25) is 0 Å². The molecular formula is C26H38O4. The van der Waals surface area contributed by atoms with Gasteiger partial charge in [0.15, 0.2) is 5.79 Å². The number of fused-ring (bicyclic) bond motifs is 5. The molecule has 0 bridgehead atoms. The summed E-state index contributed by atoms with van der Waals surface area (Å²) in [6, 6.07) is 0. The summed E-state index contributed by atoms with van der Waals surface area (Å²) >= 11 is 0. The van der Waals surface area contributed by atoms with Gasteiger partial charge in [-0.05, 0) is 80.1 Å². The molecule has 4 nitrogen and oxygen atoms in total. The fourth-order valence-corrected chi connectivity index (χ4v) is 8.33. The van der Waals surface area contributed by atoms with Gasteiger partial charge in [-0.25, -0.2) is 0 Å². The van der Waals surface area contributed by atoms with Crippen molar-refractivity contribution in [2.24, 2.45) is 34.5 Å². The van der Waals surface area contributed by atoms with Gasteiger partial charge < -0.3 is 14.2 Å². The van der Waals surface area contributed by atoms with Gasteiger partial charge in [-0.15, -0.1) is 6.58 Å². The number of hydrogen-bond donors (Lipinski definition) is 0. The molecule has 0 unspecified atom stereocenters. The highest BCUT2D eigenvalue weighted by Crippen LogP contribution is 2.68. The van der Waals surface area contributed by atoms with Crippen molar-refractivity contribution in [1.82, 2.24) is 0 Å². The summed E-state index contributed by atoms with van der Waals surface area (Å²) in [5, 5.41) is 0. The third-order valence-electron chi connectivity index (χ3n) is 9.76. The van der Waals surface area contributed by atoms with E-state index in [9.17, 15) is 4.79 Å². The maximum absolute atomic E-state index is 11.8. The van der Waals surface area contributed by atoms with Gasteiger partial charge in [-0.2, -0.15) is 0 Å². The Hall–Kier alpha value is -1.13. The topological polar surface area (TPSA) is 44.8 Å². The largest absolute Gasteiger partial charge is 0.462 e. The number of esters is 1. The van der Waals surface area contributed by atoms with Gasteiger partial charge in [0.25, 0.3) is 0 Å². The number of carbonyl (C=O) groups excluding carboxylic acids is 1. The van der Waals surface area contributed by atoms with Crippen LogP contribution >= 0.6 is 0 Å². The van der Waals surface area contributed by atoms with Gasteiger partial charge in [0.1, 0.15) is 6.10 Å². The maximum atomic E-state index is 11.8. The minimum atomic E-state index is -0.461. The smallest absolute Gasteiger partial charge is 0.302 e. The lowest BCUT2D eigenvalue weighted by Crippen LogP contribution is -2.55. The Labute approximate surface area is 181 Å². The zero-order valence-corrected chi connectivity index (χ0v) is 19.0. The van der Waals surface area contributed by atoms with Gasteiger partial charge in [0.05, 0.1) is 13.2 Å². The zero-order chi connectivity index (χ0) is 21.1. The molecule has 3 saturated carbocycles. The van der Waals surface area contributed by atoms with Crippen LogP contribution in [0.1, 0.15) is 72.1 Å². The Balaban J connectivity index is 1.50. The summed E-state index contributed by atoms with van der Waals surface area (Å²) in [7, 11) is 0. The van der Waals surface area contributed by atoms with E-state index in [0.29, 0.717) is 36.9 Å². The van der Waals surface area contributed by atoms with Crippen LogP contribution in [-0.2, 0) is 19.0 Å². The van der Waals surface area contributed by atoms with Crippen molar-refractivity contribution in [1.29, 1.82) is 0 Å². The summed E-state index contributed by atoms with van der Waals surface area (Å²) in [6.07, 6.45) is 13.5. The molecule has 5 aliphatic rings. The lowest BCUT2D eigenvalue weighted by molar-refractivity contribution is -0.163. The lowest BCUT2D eigenvalue weighted by atomic mass is 9.44. The summed E-state index contributed by atoms with van der Waals surface area (Å²) in [6.45, 7) is 12.0. The first-order valence-electron chi connectivity index (χ1n) is 12.1. The van der Waals surface area contributed by atoms with E-state index in [0.717, 1.165) is 32.1 Å². The van der Waals surface area contributed by atoms with Crippen molar-refractivity contribution in [2.75, 3.05) is 13.2 Å². The molecule has 0 amide bonds. The van der Waals surface area contributed by atoms with Crippen LogP contribution in [0.15, 0.2) is 24.3 Å². The van der Waals surface area contributed by atoms with Crippen LogP contribution in [0.4, 0.5) is 0 Å². The molecule has 1 aliphatic heterocycles. The normalized spacial score (nSPS) is 46.5. The Morgan fingerprint density at radius 2 is 1.93 bits per heavy atom. The first-order valence-corrected chi connectivity index (χ1v) is 12.1. The molecule has 1 saturated heterocycles. The second kappa shape index (κ2) is 7.20. The SMILES string of the molecule is C=CC[C@H]1CC2=CC3(CC[C@]2(C)[C@H]2CC[C@]4(C)[C@@H](OC(C)=O)CC[C@H]4[C@H]12)OCCO3. The van der Waals surface area contributed by atoms with E-state index in [-0.39, 0.29) is 22.9 Å². The molecule has 0 aromatic heterocycles. The highest BCUT2D eigenvalue weighted by atomic mass is 16.7. The van der Waals surface area contributed by atoms with E-state index in [1.54, 1.807) is 12.5 Å². The monoisotopic (exact) mass is 414 g/mol. The second-order valence-electron chi connectivity index (χ2n) is 11.1. The molecule has 0 aromatic carbocycles. The molecule has 4 aliphatic carbocycles. The fourth-order valence-electron chi connectivity index (χ4n) is 8.33. The zero-order valence-electron chi connectivity index (χ0n) is 19.0. The average Bonchev–Trinajstić information content (AvgIpc) is 3.28. The highest BCUT2D eigenvalue weighted by Gasteiger charge is 2.62. The van der Waals surface area contributed by atoms with Crippen LogP contribution in [-0.4, -0.2) is 31.1 Å². The van der Waals surface area contributed by atoms with Crippen molar-refractivity contribution in [2.45, 2.75) is 84.0 Å². The average molecular weight is 415 g/mol. The van der Waals surface area contributed by atoms with Gasteiger partial charge in [0, 0.05) is 18.8 Å². The van der Waals surface area contributed by atoms with Crippen molar-refractivity contribution in [3.63, 3.8) is 0 Å². The Morgan fingerprint density at radius 1 is 1.17 bits per heavy atom. The minimum absolute atomic E-state index is 0.0880. The Kier molecular flexibility index (Phi) is 4.98. The standard InChI is InChI=1S/C26H38O4/c1-5-6-18-15-19-16-26(28-13-14-29-26)12-11-24(19,3)21-9-10-25(4)20(23(18)21)7-8-22(25)30-17(2)27/h5,16,18,20-23H,1,6-15H2,2-4H3/t18-,20-,21-,22-,23-,24-,25-/m0/s1. The first-order chi connectivity index (χ1) is 14.3. The quantitative estimate of drug-likeness (QED) is 0.456. The lowest BCUT2D eigenvalue weighted by Gasteiger charge is -2.61. The van der Waals surface area contributed by atoms with E-state index in [1.165, 1.54) is 19.3 Å². The van der Waals surface area contributed by atoms with E-state index < -0.39 is 5.79 Å². The molecule has 30 heavy (non-hydrogen) atoms.